The van der Waals surface area contributed by atoms with Crippen LogP contribution in [0.2, 0.25) is 0 Å². The number of carboxylic acid groups (broad SMARTS) is 2. The first-order valence-corrected chi connectivity index (χ1v) is 4.52. The van der Waals surface area contributed by atoms with Crippen LogP contribution in [0, 0.1) is 11.8 Å². The van der Waals surface area contributed by atoms with Crippen molar-refractivity contribution in [3.8, 4) is 0 Å². The monoisotopic (exact) mass is 214 g/mol. The quantitative estimate of drug-likeness (QED) is 0.460. The summed E-state index contributed by atoms with van der Waals surface area (Å²) in [7, 11) is 0. The molecule has 0 aromatic carbocycles. The first-order valence-electron chi connectivity index (χ1n) is 4.52. The average molecular weight is 214 g/mol. The van der Waals surface area contributed by atoms with Crippen LogP contribution >= 0.6 is 0 Å². The molecule has 15 heavy (non-hydrogen) atoms. The number of rotatable bonds is 2. The lowest BCUT2D eigenvalue weighted by molar-refractivity contribution is -0.137. The third-order valence-corrected chi connectivity index (χ3v) is 3.17. The van der Waals surface area contributed by atoms with E-state index in [1.807, 2.05) is 0 Å². The molecule has 0 heterocycles. The Kier molecular flexibility index (Phi) is 2.06. The van der Waals surface area contributed by atoms with E-state index in [1.165, 1.54) is 0 Å². The number of aliphatic hydroxyl groups excluding tert-OH is 2. The van der Waals surface area contributed by atoms with Crippen LogP contribution in [0.4, 0.5) is 0 Å². The van der Waals surface area contributed by atoms with Crippen LogP contribution in [0.5, 0.6) is 0 Å². The summed E-state index contributed by atoms with van der Waals surface area (Å²) < 4.78 is 0. The molecule has 1 saturated carbocycles. The zero-order valence-corrected chi connectivity index (χ0v) is 7.62. The molecule has 6 heteroatoms. The molecular weight excluding hydrogens is 204 g/mol. The summed E-state index contributed by atoms with van der Waals surface area (Å²) in [5.41, 5.74) is -0.518. The Hall–Kier alpha value is -1.40. The van der Waals surface area contributed by atoms with Crippen molar-refractivity contribution in [1.29, 1.82) is 0 Å². The smallest absolute Gasteiger partial charge is 0.332 e. The van der Waals surface area contributed by atoms with E-state index >= 15 is 0 Å². The van der Waals surface area contributed by atoms with Crippen molar-refractivity contribution in [2.24, 2.45) is 11.8 Å². The van der Waals surface area contributed by atoms with Crippen molar-refractivity contribution in [3.05, 3.63) is 11.1 Å². The minimum Gasteiger partial charge on any atom is -0.478 e. The summed E-state index contributed by atoms with van der Waals surface area (Å²) >= 11 is 0. The lowest BCUT2D eigenvalue weighted by atomic mass is 9.88. The van der Waals surface area contributed by atoms with Crippen LogP contribution in [0.3, 0.4) is 0 Å². The van der Waals surface area contributed by atoms with E-state index in [1.54, 1.807) is 0 Å². The highest BCUT2D eigenvalue weighted by molar-refractivity contribution is 6.01. The summed E-state index contributed by atoms with van der Waals surface area (Å²) in [6.07, 6.45) is -2.13. The molecule has 6 nitrogen and oxygen atoms in total. The Labute approximate surface area is 84.5 Å². The van der Waals surface area contributed by atoms with E-state index in [4.69, 9.17) is 10.2 Å². The number of fused-ring (bicyclic) bond motifs is 2. The average Bonchev–Trinajstić information content (AvgIpc) is 2.64. The fourth-order valence-corrected chi connectivity index (χ4v) is 2.55. The zero-order chi connectivity index (χ0) is 11.3. The van der Waals surface area contributed by atoms with Crippen LogP contribution in [-0.4, -0.2) is 44.6 Å². The van der Waals surface area contributed by atoms with Crippen LogP contribution < -0.4 is 0 Å². The van der Waals surface area contributed by atoms with Gasteiger partial charge in [0, 0.05) is 11.8 Å². The molecule has 4 N–H and O–H groups in total. The van der Waals surface area contributed by atoms with E-state index in [0.717, 1.165) is 0 Å². The maximum absolute atomic E-state index is 10.8. The Bertz CT molecular complexity index is 337. The highest BCUT2D eigenvalue weighted by Crippen LogP contribution is 2.48. The van der Waals surface area contributed by atoms with Gasteiger partial charge in [0.1, 0.15) is 0 Å². The minimum absolute atomic E-state index is 0.200. The van der Waals surface area contributed by atoms with E-state index < -0.39 is 36.0 Å². The third kappa shape index (κ3) is 1.18. The minimum atomic E-state index is -1.33. The molecule has 0 radical (unpaired) electrons. The second-order valence-corrected chi connectivity index (χ2v) is 3.87. The summed E-state index contributed by atoms with van der Waals surface area (Å²) in [6, 6.07) is 0. The molecule has 2 bridgehead atoms. The van der Waals surface area contributed by atoms with Gasteiger partial charge in [-0.15, -0.1) is 0 Å². The molecule has 2 aliphatic carbocycles. The van der Waals surface area contributed by atoms with Crippen LogP contribution in [0.1, 0.15) is 6.42 Å². The Morgan fingerprint density at radius 3 is 1.53 bits per heavy atom. The van der Waals surface area contributed by atoms with E-state index in [2.05, 4.69) is 0 Å². The largest absolute Gasteiger partial charge is 0.478 e. The third-order valence-electron chi connectivity index (χ3n) is 3.17. The van der Waals surface area contributed by atoms with E-state index in [9.17, 15) is 19.8 Å². The highest BCUT2D eigenvalue weighted by atomic mass is 16.4. The molecule has 2 rings (SSSR count). The molecule has 0 aromatic heterocycles. The molecule has 1 fully saturated rings. The molecule has 82 valence electrons. The van der Waals surface area contributed by atoms with E-state index in [0.29, 0.717) is 0 Å². The first kappa shape index (κ1) is 10.1. The number of carbonyl (C=O) groups is 2. The normalized spacial score (nSPS) is 38.5. The summed E-state index contributed by atoms with van der Waals surface area (Å²) in [6.45, 7) is 0. The summed E-state index contributed by atoms with van der Waals surface area (Å²) in [4.78, 5) is 21.7. The lowest BCUT2D eigenvalue weighted by Crippen LogP contribution is -2.37. The highest BCUT2D eigenvalue weighted by Gasteiger charge is 2.55. The summed E-state index contributed by atoms with van der Waals surface area (Å²) in [5.74, 6) is -4.17. The molecule has 0 amide bonds. The molecule has 2 aliphatic rings. The van der Waals surface area contributed by atoms with Gasteiger partial charge < -0.3 is 20.4 Å². The zero-order valence-electron chi connectivity index (χ0n) is 7.62. The van der Waals surface area contributed by atoms with E-state index in [-0.39, 0.29) is 17.6 Å². The Morgan fingerprint density at radius 1 is 0.933 bits per heavy atom. The van der Waals surface area contributed by atoms with Crippen molar-refractivity contribution in [3.63, 3.8) is 0 Å². The molecule has 0 aromatic rings. The summed E-state index contributed by atoms with van der Waals surface area (Å²) in [5, 5.41) is 36.6. The van der Waals surface area contributed by atoms with Crippen LogP contribution in [0.15, 0.2) is 11.1 Å². The van der Waals surface area contributed by atoms with Gasteiger partial charge in [-0.3, -0.25) is 0 Å². The topological polar surface area (TPSA) is 115 Å². The van der Waals surface area contributed by atoms with Gasteiger partial charge >= 0.3 is 11.9 Å². The number of carboxylic acids is 2. The predicted molar refractivity (Wildman–Crippen MR) is 45.9 cm³/mol. The van der Waals surface area contributed by atoms with Gasteiger partial charge in [-0.1, -0.05) is 0 Å². The van der Waals surface area contributed by atoms with Gasteiger partial charge in [0.25, 0.3) is 0 Å². The molecule has 0 aliphatic heterocycles. The first-order chi connectivity index (χ1) is 6.95. The van der Waals surface area contributed by atoms with Gasteiger partial charge in [-0.2, -0.15) is 0 Å². The van der Waals surface area contributed by atoms with Gasteiger partial charge in [0.15, 0.2) is 0 Å². The predicted octanol–water partition coefficient (Wildman–Crippen LogP) is -1.18. The van der Waals surface area contributed by atoms with Crippen molar-refractivity contribution >= 4 is 11.9 Å². The SMILES string of the molecule is O=C(O)C1=C(C(=O)O)C2CC1C(O)C2O. The lowest BCUT2D eigenvalue weighted by Gasteiger charge is -2.24. The van der Waals surface area contributed by atoms with Gasteiger partial charge in [0.2, 0.25) is 0 Å². The molecular formula is C9H10O6. The number of hydrogen-bond acceptors (Lipinski definition) is 4. The van der Waals surface area contributed by atoms with Gasteiger partial charge in [0.05, 0.1) is 23.4 Å². The molecule has 0 saturated heterocycles. The molecule has 0 spiro atoms. The number of aliphatic carboxylic acids is 2. The van der Waals surface area contributed by atoms with Crippen molar-refractivity contribution in [2.45, 2.75) is 18.6 Å². The van der Waals surface area contributed by atoms with Crippen LogP contribution in [-0.2, 0) is 9.59 Å². The van der Waals surface area contributed by atoms with Crippen molar-refractivity contribution in [2.75, 3.05) is 0 Å². The standard InChI is InChI=1S/C9H10O6/c10-6-2-1-3(7(6)11)5(9(14)15)4(2)8(12)13/h2-3,6-7,10-11H,1H2,(H,12,13)(H,14,15). The fourth-order valence-electron chi connectivity index (χ4n) is 2.55. The van der Waals surface area contributed by atoms with Crippen LogP contribution in [0.25, 0.3) is 0 Å². The Balaban J connectivity index is 2.51. The fraction of sp³-hybridized carbons (Fsp3) is 0.556. The van der Waals surface area contributed by atoms with Crippen molar-refractivity contribution in [1.82, 2.24) is 0 Å². The second-order valence-electron chi connectivity index (χ2n) is 3.87. The Morgan fingerprint density at radius 2 is 1.27 bits per heavy atom. The number of hydrogen-bond donors (Lipinski definition) is 4. The molecule has 4 unspecified atom stereocenters. The van der Waals surface area contributed by atoms with Gasteiger partial charge in [-0.25, -0.2) is 9.59 Å². The molecule has 4 atom stereocenters. The van der Waals surface area contributed by atoms with Crippen molar-refractivity contribution < 1.29 is 30.0 Å². The van der Waals surface area contributed by atoms with Gasteiger partial charge in [-0.05, 0) is 6.42 Å². The maximum Gasteiger partial charge on any atom is 0.332 e. The maximum atomic E-state index is 10.8. The number of aliphatic hydroxyl groups is 2. The second kappa shape index (κ2) is 3.04.